The highest BCUT2D eigenvalue weighted by Gasteiger charge is 2.90. The van der Waals surface area contributed by atoms with E-state index in [0.717, 1.165) is 44.9 Å². The van der Waals surface area contributed by atoms with Crippen LogP contribution in [0.1, 0.15) is 57.4 Å². The summed E-state index contributed by atoms with van der Waals surface area (Å²) < 4.78 is 6.04. The molecule has 4 bridgehead atoms. The summed E-state index contributed by atoms with van der Waals surface area (Å²) in [5.41, 5.74) is 2.12. The van der Waals surface area contributed by atoms with E-state index in [-0.39, 0.29) is 10.8 Å². The molecule has 4 heteroatoms. The molecule has 6 fully saturated rings. The number of rotatable bonds is 6. The molecule has 0 aromatic heterocycles. The number of hydrogen-bond acceptors (Lipinski definition) is 3. The predicted octanol–water partition coefficient (Wildman–Crippen LogP) is 3.41. The Kier molecular flexibility index (Phi) is 3.45. The molecular weight excluding hydrogens is 372 g/mol. The van der Waals surface area contributed by atoms with Gasteiger partial charge in [0.25, 0.3) is 0 Å². The smallest absolute Gasteiger partial charge is 0.226 e. The van der Waals surface area contributed by atoms with Gasteiger partial charge in [-0.2, -0.15) is 0 Å². The van der Waals surface area contributed by atoms with E-state index in [0.29, 0.717) is 34.7 Å². The van der Waals surface area contributed by atoms with Crippen LogP contribution < -0.4 is 10.6 Å². The van der Waals surface area contributed by atoms with Crippen LogP contribution in [-0.4, -0.2) is 37.7 Å². The summed E-state index contributed by atoms with van der Waals surface area (Å²) >= 11 is 0. The lowest BCUT2D eigenvalue weighted by Crippen LogP contribution is -2.77. The Morgan fingerprint density at radius 3 is 2.77 bits per heavy atom. The molecule has 30 heavy (non-hydrogen) atoms. The van der Waals surface area contributed by atoms with Crippen molar-refractivity contribution in [3.63, 3.8) is 0 Å². The molecule has 6 unspecified atom stereocenters. The van der Waals surface area contributed by atoms with Crippen LogP contribution in [-0.2, 0) is 14.9 Å². The Balaban J connectivity index is 1.23. The summed E-state index contributed by atoms with van der Waals surface area (Å²) in [5.74, 6) is 1.84. The third kappa shape index (κ3) is 1.87. The van der Waals surface area contributed by atoms with Crippen molar-refractivity contribution in [3.05, 3.63) is 35.9 Å². The second kappa shape index (κ2) is 5.69. The Labute approximate surface area is 179 Å². The molecule has 8 atom stereocenters. The van der Waals surface area contributed by atoms with Gasteiger partial charge in [0, 0.05) is 29.5 Å². The van der Waals surface area contributed by atoms with Crippen LogP contribution in [0.25, 0.3) is 0 Å². The zero-order chi connectivity index (χ0) is 20.2. The first-order chi connectivity index (χ1) is 14.6. The molecule has 1 amide bonds. The van der Waals surface area contributed by atoms with E-state index in [9.17, 15) is 4.79 Å². The third-order valence-electron chi connectivity index (χ3n) is 10.7. The molecule has 160 valence electrons. The minimum atomic E-state index is -0.160. The van der Waals surface area contributed by atoms with Crippen molar-refractivity contribution in [3.8, 4) is 0 Å². The van der Waals surface area contributed by atoms with Gasteiger partial charge in [0.05, 0.1) is 12.0 Å². The van der Waals surface area contributed by atoms with Crippen molar-refractivity contribution in [1.29, 1.82) is 0 Å². The average Bonchev–Trinajstić information content (AvgIpc) is 3.49. The number of hydrogen-bond donors (Lipinski definition) is 2. The normalized spacial score (nSPS) is 51.4. The van der Waals surface area contributed by atoms with E-state index in [1.807, 2.05) is 0 Å². The fraction of sp³-hybridized carbons (Fsp3) is 0.731. The van der Waals surface area contributed by atoms with Gasteiger partial charge in [-0.3, -0.25) is 4.79 Å². The van der Waals surface area contributed by atoms with Gasteiger partial charge in [0.1, 0.15) is 0 Å². The topological polar surface area (TPSA) is 50.4 Å². The fourth-order valence-corrected chi connectivity index (χ4v) is 9.99. The largest absolute Gasteiger partial charge is 0.381 e. The molecule has 1 aromatic rings. The maximum absolute atomic E-state index is 13.9. The number of carbonyl (C=O) groups excluding carboxylic acids is 1. The van der Waals surface area contributed by atoms with E-state index in [1.165, 1.54) is 31.2 Å². The van der Waals surface area contributed by atoms with Gasteiger partial charge in [0.2, 0.25) is 5.91 Å². The molecular formula is C26H34N2O2. The second-order valence-corrected chi connectivity index (χ2v) is 11.7. The maximum Gasteiger partial charge on any atom is 0.226 e. The number of amides is 1. The van der Waals surface area contributed by atoms with Crippen molar-refractivity contribution in [1.82, 2.24) is 10.6 Å². The maximum atomic E-state index is 13.9. The van der Waals surface area contributed by atoms with E-state index in [1.54, 1.807) is 0 Å². The van der Waals surface area contributed by atoms with Gasteiger partial charge < -0.3 is 15.4 Å². The van der Waals surface area contributed by atoms with Gasteiger partial charge in [-0.05, 0) is 81.2 Å². The molecule has 0 radical (unpaired) electrons. The molecule has 2 N–H and O–H groups in total. The Morgan fingerprint density at radius 1 is 1.17 bits per heavy atom. The average molecular weight is 407 g/mol. The number of piperidine rings is 1. The van der Waals surface area contributed by atoms with Crippen LogP contribution in [0.15, 0.2) is 30.3 Å². The monoisotopic (exact) mass is 406 g/mol. The zero-order valence-electron chi connectivity index (χ0n) is 18.1. The minimum absolute atomic E-state index is 0.160. The number of benzene rings is 1. The number of nitrogens with one attached hydrogen (secondary N) is 2. The highest BCUT2D eigenvalue weighted by molar-refractivity contribution is 5.85. The molecule has 1 aliphatic heterocycles. The van der Waals surface area contributed by atoms with Gasteiger partial charge in [-0.1, -0.05) is 30.3 Å². The van der Waals surface area contributed by atoms with Gasteiger partial charge in [0.15, 0.2) is 0 Å². The molecule has 1 saturated heterocycles. The van der Waals surface area contributed by atoms with E-state index >= 15 is 0 Å². The summed E-state index contributed by atoms with van der Waals surface area (Å²) in [6, 6.07) is 12.0. The standard InChI is InChI=1S/C26H34N2O2/c1-2-30-16-24-11-19-10-23(22(29)28-21-9-17-8-20(21)27-12-17)13-25(15-24,26(19,24)14-23)18-6-4-3-5-7-18/h3-7,17,19-21,27H,2,8-16H2,1H3,(H,28,29)/t17?,19?,20?,21?,23?,24-,25-,26?/m1/s1. The molecule has 5 aliphatic carbocycles. The summed E-state index contributed by atoms with van der Waals surface area (Å²) in [6.07, 6.45) is 8.15. The van der Waals surface area contributed by atoms with E-state index in [2.05, 4.69) is 47.9 Å². The first-order valence-corrected chi connectivity index (χ1v) is 12.2. The number of carbonyl (C=O) groups is 1. The minimum Gasteiger partial charge on any atom is -0.381 e. The molecule has 1 spiro atoms. The van der Waals surface area contributed by atoms with Crippen molar-refractivity contribution >= 4 is 5.91 Å². The molecule has 5 saturated carbocycles. The van der Waals surface area contributed by atoms with Crippen molar-refractivity contribution in [2.24, 2.45) is 28.1 Å². The number of fused-ring (bicyclic) bond motifs is 3. The van der Waals surface area contributed by atoms with Crippen molar-refractivity contribution < 1.29 is 9.53 Å². The van der Waals surface area contributed by atoms with Crippen LogP contribution in [0.2, 0.25) is 0 Å². The SMILES string of the molecule is CCOC[C@]12CC3CC4(C(=O)NC5CC6CNC5C6)CC31[C@](c1ccccc1)(C4)C2. The highest BCUT2D eigenvalue weighted by atomic mass is 16.5. The highest BCUT2D eigenvalue weighted by Crippen LogP contribution is 2.93. The van der Waals surface area contributed by atoms with Gasteiger partial charge in [-0.15, -0.1) is 0 Å². The molecule has 4 nitrogen and oxygen atoms in total. The van der Waals surface area contributed by atoms with Crippen molar-refractivity contribution in [2.45, 2.75) is 69.4 Å². The molecule has 1 aromatic carbocycles. The van der Waals surface area contributed by atoms with Gasteiger partial charge in [-0.25, -0.2) is 0 Å². The Morgan fingerprint density at radius 2 is 2.03 bits per heavy atom. The molecule has 7 rings (SSSR count). The first kappa shape index (κ1) is 18.2. The van der Waals surface area contributed by atoms with Crippen LogP contribution >= 0.6 is 0 Å². The van der Waals surface area contributed by atoms with Crippen LogP contribution in [0.3, 0.4) is 0 Å². The summed E-state index contributed by atoms with van der Waals surface area (Å²) in [7, 11) is 0. The number of ether oxygens (including phenoxy) is 1. The summed E-state index contributed by atoms with van der Waals surface area (Å²) in [4.78, 5) is 13.9. The van der Waals surface area contributed by atoms with Gasteiger partial charge >= 0.3 is 0 Å². The predicted molar refractivity (Wildman–Crippen MR) is 115 cm³/mol. The van der Waals surface area contributed by atoms with E-state index < -0.39 is 0 Å². The summed E-state index contributed by atoms with van der Waals surface area (Å²) in [5, 5.41) is 7.19. The molecule has 1 heterocycles. The summed E-state index contributed by atoms with van der Waals surface area (Å²) in [6.45, 7) is 4.94. The lowest BCUT2D eigenvalue weighted by molar-refractivity contribution is -0.298. The Hall–Kier alpha value is -1.39. The second-order valence-electron chi connectivity index (χ2n) is 11.7. The lowest BCUT2D eigenvalue weighted by atomic mass is 9.24. The third-order valence-corrected chi connectivity index (χ3v) is 10.7. The van der Waals surface area contributed by atoms with Crippen LogP contribution in [0.5, 0.6) is 0 Å². The lowest BCUT2D eigenvalue weighted by Gasteiger charge is -2.80. The van der Waals surface area contributed by atoms with E-state index in [4.69, 9.17) is 4.74 Å². The molecule has 6 aliphatic rings. The zero-order valence-corrected chi connectivity index (χ0v) is 18.1. The van der Waals surface area contributed by atoms with Crippen molar-refractivity contribution in [2.75, 3.05) is 19.8 Å². The quantitative estimate of drug-likeness (QED) is 0.761. The Bertz CT molecular complexity index is 904. The van der Waals surface area contributed by atoms with Crippen LogP contribution in [0.4, 0.5) is 0 Å². The van der Waals surface area contributed by atoms with Crippen LogP contribution in [0, 0.1) is 28.1 Å². The fourth-order valence-electron chi connectivity index (χ4n) is 9.99. The first-order valence-electron chi connectivity index (χ1n) is 12.2.